The van der Waals surface area contributed by atoms with Gasteiger partial charge in [0.15, 0.2) is 0 Å². The Bertz CT molecular complexity index is 519. The van der Waals surface area contributed by atoms with Gasteiger partial charge in [-0.3, -0.25) is 0 Å². The van der Waals surface area contributed by atoms with Crippen LogP contribution in [0.3, 0.4) is 0 Å². The van der Waals surface area contributed by atoms with Crippen molar-refractivity contribution in [2.75, 3.05) is 7.05 Å². The molecule has 3 heteroatoms. The highest BCUT2D eigenvalue weighted by molar-refractivity contribution is 7.11. The molecular formula is C15H19NOS. The molecule has 0 saturated carbocycles. The molecule has 0 amide bonds. The van der Waals surface area contributed by atoms with Crippen LogP contribution in [0.4, 0.5) is 0 Å². The summed E-state index contributed by atoms with van der Waals surface area (Å²) in [5.74, 6) is 0.985. The minimum Gasteiger partial charge on any atom is -0.488 e. The van der Waals surface area contributed by atoms with E-state index in [4.69, 9.17) is 4.74 Å². The zero-order valence-electron chi connectivity index (χ0n) is 11.1. The van der Waals surface area contributed by atoms with Gasteiger partial charge >= 0.3 is 0 Å². The van der Waals surface area contributed by atoms with Gasteiger partial charge in [0, 0.05) is 16.3 Å². The Hall–Kier alpha value is -1.32. The first-order chi connectivity index (χ1) is 8.69. The van der Waals surface area contributed by atoms with Crippen molar-refractivity contribution >= 4 is 11.3 Å². The fraction of sp³-hybridized carbons (Fsp3) is 0.333. The molecule has 0 aliphatic heterocycles. The molecule has 1 aromatic carbocycles. The Labute approximate surface area is 113 Å². The first-order valence-corrected chi connectivity index (χ1v) is 6.93. The molecule has 1 N–H and O–H groups in total. The van der Waals surface area contributed by atoms with Crippen molar-refractivity contribution in [2.24, 2.45) is 0 Å². The summed E-state index contributed by atoms with van der Waals surface area (Å²) in [6.45, 7) is 5.74. The maximum absolute atomic E-state index is 5.89. The van der Waals surface area contributed by atoms with Crippen LogP contribution in [0.5, 0.6) is 5.75 Å². The molecule has 18 heavy (non-hydrogen) atoms. The van der Waals surface area contributed by atoms with Crippen LogP contribution in [0.15, 0.2) is 30.3 Å². The molecule has 0 aliphatic rings. The van der Waals surface area contributed by atoms with Gasteiger partial charge in [-0.25, -0.2) is 0 Å². The number of thiophene rings is 1. The predicted octanol–water partition coefficient (Wildman–Crippen LogP) is 3.66. The van der Waals surface area contributed by atoms with Gasteiger partial charge in [-0.1, -0.05) is 12.1 Å². The molecule has 1 heterocycles. The summed E-state index contributed by atoms with van der Waals surface area (Å²) in [5, 5.41) is 3.16. The lowest BCUT2D eigenvalue weighted by atomic mass is 10.1. The van der Waals surface area contributed by atoms with E-state index < -0.39 is 0 Å². The van der Waals surface area contributed by atoms with E-state index in [-0.39, 0.29) is 0 Å². The highest BCUT2D eigenvalue weighted by Gasteiger charge is 2.03. The van der Waals surface area contributed by atoms with E-state index in [0.717, 1.165) is 12.3 Å². The maximum atomic E-state index is 5.89. The van der Waals surface area contributed by atoms with Gasteiger partial charge in [0.1, 0.15) is 12.4 Å². The lowest BCUT2D eigenvalue weighted by Gasteiger charge is -2.08. The van der Waals surface area contributed by atoms with Gasteiger partial charge in [0.05, 0.1) is 0 Å². The van der Waals surface area contributed by atoms with Crippen molar-refractivity contribution in [1.82, 2.24) is 5.32 Å². The summed E-state index contributed by atoms with van der Waals surface area (Å²) in [7, 11) is 1.96. The van der Waals surface area contributed by atoms with E-state index in [0.29, 0.717) is 6.61 Å². The number of hydrogen-bond donors (Lipinski definition) is 1. The van der Waals surface area contributed by atoms with Crippen LogP contribution in [0.1, 0.15) is 20.9 Å². The first-order valence-electron chi connectivity index (χ1n) is 6.11. The van der Waals surface area contributed by atoms with Crippen molar-refractivity contribution in [2.45, 2.75) is 27.0 Å². The summed E-state index contributed by atoms with van der Waals surface area (Å²) < 4.78 is 5.89. The molecule has 0 bridgehead atoms. The van der Waals surface area contributed by atoms with Crippen LogP contribution in [0.2, 0.25) is 0 Å². The molecule has 0 atom stereocenters. The second-order valence-electron chi connectivity index (χ2n) is 4.46. The highest BCUT2D eigenvalue weighted by Crippen LogP contribution is 2.22. The Kier molecular flexibility index (Phi) is 4.39. The minimum atomic E-state index is 0.651. The summed E-state index contributed by atoms with van der Waals surface area (Å²) in [6, 6.07) is 10.6. The average Bonchev–Trinajstić information content (AvgIpc) is 2.79. The van der Waals surface area contributed by atoms with Crippen molar-refractivity contribution in [3.05, 3.63) is 51.2 Å². The van der Waals surface area contributed by atoms with Gasteiger partial charge in [0.25, 0.3) is 0 Å². The lowest BCUT2D eigenvalue weighted by Crippen LogP contribution is -2.02. The normalized spacial score (nSPS) is 10.6. The topological polar surface area (TPSA) is 21.3 Å². The molecule has 0 fully saturated rings. The van der Waals surface area contributed by atoms with Gasteiger partial charge in [-0.2, -0.15) is 0 Å². The third-order valence-corrected chi connectivity index (χ3v) is 3.84. The zero-order chi connectivity index (χ0) is 13.0. The number of benzene rings is 1. The van der Waals surface area contributed by atoms with E-state index in [1.165, 1.54) is 20.9 Å². The second kappa shape index (κ2) is 6.03. The summed E-state index contributed by atoms with van der Waals surface area (Å²) in [5.41, 5.74) is 2.42. The molecule has 0 radical (unpaired) electrons. The summed E-state index contributed by atoms with van der Waals surface area (Å²) >= 11 is 1.80. The van der Waals surface area contributed by atoms with Crippen LogP contribution in [-0.2, 0) is 13.2 Å². The third kappa shape index (κ3) is 3.34. The second-order valence-corrected chi connectivity index (χ2v) is 5.71. The number of ether oxygens (including phenoxy) is 1. The number of aryl methyl sites for hydroxylation is 2. The van der Waals surface area contributed by atoms with Crippen molar-refractivity contribution in [1.29, 1.82) is 0 Å². The zero-order valence-corrected chi connectivity index (χ0v) is 11.9. The molecular weight excluding hydrogens is 242 g/mol. The van der Waals surface area contributed by atoms with E-state index >= 15 is 0 Å². The van der Waals surface area contributed by atoms with Gasteiger partial charge < -0.3 is 10.1 Å². The SMILES string of the molecule is CNCc1ccc(COc2cc(C)ccc2C)s1. The molecule has 2 rings (SSSR count). The van der Waals surface area contributed by atoms with E-state index in [1.54, 1.807) is 11.3 Å². The fourth-order valence-electron chi connectivity index (χ4n) is 1.78. The lowest BCUT2D eigenvalue weighted by molar-refractivity contribution is 0.307. The molecule has 2 aromatic rings. The van der Waals surface area contributed by atoms with Crippen molar-refractivity contribution in [3.63, 3.8) is 0 Å². The van der Waals surface area contributed by atoms with E-state index in [1.807, 2.05) is 7.05 Å². The summed E-state index contributed by atoms with van der Waals surface area (Å²) in [4.78, 5) is 2.61. The maximum Gasteiger partial charge on any atom is 0.123 e. The largest absolute Gasteiger partial charge is 0.488 e. The Balaban J connectivity index is 1.99. The molecule has 0 aliphatic carbocycles. The standard InChI is InChI=1S/C15H19NOS/c1-11-4-5-12(2)15(8-11)17-10-14-7-6-13(18-14)9-16-3/h4-8,16H,9-10H2,1-3H3. The highest BCUT2D eigenvalue weighted by atomic mass is 32.1. The van der Waals surface area contributed by atoms with Gasteiger partial charge in [0.2, 0.25) is 0 Å². The average molecular weight is 261 g/mol. The molecule has 2 nitrogen and oxygen atoms in total. The van der Waals surface area contributed by atoms with Crippen molar-refractivity contribution < 1.29 is 4.74 Å². The molecule has 0 unspecified atom stereocenters. The van der Waals surface area contributed by atoms with Crippen LogP contribution in [-0.4, -0.2) is 7.05 Å². The quantitative estimate of drug-likeness (QED) is 0.887. The Morgan fingerprint density at radius 1 is 1.11 bits per heavy atom. The van der Waals surface area contributed by atoms with Crippen molar-refractivity contribution in [3.8, 4) is 5.75 Å². The Morgan fingerprint density at radius 2 is 1.89 bits per heavy atom. The minimum absolute atomic E-state index is 0.651. The van der Waals surface area contributed by atoms with Crippen LogP contribution >= 0.6 is 11.3 Å². The summed E-state index contributed by atoms with van der Waals surface area (Å²) in [6.07, 6.45) is 0. The van der Waals surface area contributed by atoms with E-state index in [9.17, 15) is 0 Å². The fourth-order valence-corrected chi connectivity index (χ4v) is 2.72. The van der Waals surface area contributed by atoms with Crippen LogP contribution in [0, 0.1) is 13.8 Å². The van der Waals surface area contributed by atoms with E-state index in [2.05, 4.69) is 49.5 Å². The van der Waals surface area contributed by atoms with Crippen LogP contribution in [0.25, 0.3) is 0 Å². The van der Waals surface area contributed by atoms with Gasteiger partial charge in [-0.05, 0) is 50.2 Å². The monoisotopic (exact) mass is 261 g/mol. The molecule has 1 aromatic heterocycles. The molecule has 0 saturated heterocycles. The smallest absolute Gasteiger partial charge is 0.123 e. The third-order valence-electron chi connectivity index (χ3n) is 2.78. The number of rotatable bonds is 5. The molecule has 96 valence electrons. The van der Waals surface area contributed by atoms with Gasteiger partial charge in [-0.15, -0.1) is 11.3 Å². The number of hydrogen-bond acceptors (Lipinski definition) is 3. The first kappa shape index (κ1) is 13.1. The Morgan fingerprint density at radius 3 is 2.67 bits per heavy atom. The predicted molar refractivity (Wildman–Crippen MR) is 77.3 cm³/mol. The number of nitrogens with one attached hydrogen (secondary N) is 1. The van der Waals surface area contributed by atoms with Crippen LogP contribution < -0.4 is 10.1 Å². The molecule has 0 spiro atoms.